The molecule has 138 valence electrons. The molecule has 2 fully saturated rings. The van der Waals surface area contributed by atoms with Crippen molar-refractivity contribution < 1.29 is 9.18 Å². The van der Waals surface area contributed by atoms with E-state index in [4.69, 9.17) is 0 Å². The van der Waals surface area contributed by atoms with E-state index >= 15 is 0 Å². The maximum absolute atomic E-state index is 14.0. The lowest BCUT2D eigenvalue weighted by Crippen LogP contribution is -2.55. The van der Waals surface area contributed by atoms with E-state index < -0.39 is 0 Å². The molecule has 1 heterocycles. The van der Waals surface area contributed by atoms with Crippen LogP contribution in [0.1, 0.15) is 39.0 Å². The number of anilines is 1. The van der Waals surface area contributed by atoms with Crippen LogP contribution >= 0.6 is 0 Å². The van der Waals surface area contributed by atoms with Crippen molar-refractivity contribution in [3.05, 3.63) is 30.1 Å². The summed E-state index contributed by atoms with van der Waals surface area (Å²) in [5.74, 6) is 0.0587. The third-order valence-electron chi connectivity index (χ3n) is 5.88. The molecule has 0 aromatic heterocycles. The lowest BCUT2D eigenvalue weighted by Gasteiger charge is -2.41. The third kappa shape index (κ3) is 4.14. The molecule has 1 aromatic rings. The molecule has 1 amide bonds. The lowest BCUT2D eigenvalue weighted by atomic mass is 9.94. The molecule has 4 nitrogen and oxygen atoms in total. The zero-order valence-electron chi connectivity index (χ0n) is 15.5. The Morgan fingerprint density at radius 1 is 1.12 bits per heavy atom. The van der Waals surface area contributed by atoms with Gasteiger partial charge < -0.3 is 9.80 Å². The Morgan fingerprint density at radius 3 is 2.40 bits per heavy atom. The second kappa shape index (κ2) is 8.17. The van der Waals surface area contributed by atoms with Crippen LogP contribution in [-0.2, 0) is 4.79 Å². The predicted molar refractivity (Wildman–Crippen MR) is 99.3 cm³/mol. The molecular weight excluding hydrogens is 317 g/mol. The number of hydrogen-bond donors (Lipinski definition) is 0. The molecule has 1 aliphatic carbocycles. The Kier molecular flexibility index (Phi) is 5.94. The van der Waals surface area contributed by atoms with Crippen molar-refractivity contribution in [3.8, 4) is 0 Å². The van der Waals surface area contributed by atoms with Crippen LogP contribution in [0.5, 0.6) is 0 Å². The number of likely N-dealkylation sites (N-methyl/N-ethyl adjacent to an activating group) is 1. The molecule has 3 rings (SSSR count). The van der Waals surface area contributed by atoms with E-state index in [1.54, 1.807) is 6.07 Å². The first kappa shape index (κ1) is 18.2. The van der Waals surface area contributed by atoms with Gasteiger partial charge in [-0.1, -0.05) is 31.4 Å². The summed E-state index contributed by atoms with van der Waals surface area (Å²) < 4.78 is 14.0. The molecule has 1 saturated heterocycles. The first-order valence-corrected chi connectivity index (χ1v) is 9.58. The fourth-order valence-corrected chi connectivity index (χ4v) is 4.16. The number of halogens is 1. The monoisotopic (exact) mass is 347 g/mol. The molecular formula is C20H30FN3O. The van der Waals surface area contributed by atoms with Crippen LogP contribution in [0.2, 0.25) is 0 Å². The minimum Gasteiger partial charge on any atom is -0.367 e. The smallest absolute Gasteiger partial charge is 0.239 e. The first-order valence-electron chi connectivity index (χ1n) is 9.58. The highest BCUT2D eigenvalue weighted by molar-refractivity contribution is 5.81. The number of amides is 1. The normalized spacial score (nSPS) is 21.2. The van der Waals surface area contributed by atoms with Gasteiger partial charge >= 0.3 is 0 Å². The zero-order valence-corrected chi connectivity index (χ0v) is 15.5. The summed E-state index contributed by atoms with van der Waals surface area (Å²) >= 11 is 0. The Labute approximate surface area is 150 Å². The van der Waals surface area contributed by atoms with E-state index in [1.165, 1.54) is 25.3 Å². The number of benzene rings is 1. The van der Waals surface area contributed by atoms with E-state index in [0.717, 1.165) is 39.0 Å². The molecule has 1 unspecified atom stereocenters. The molecule has 0 N–H and O–H groups in total. The number of rotatable bonds is 4. The van der Waals surface area contributed by atoms with Crippen molar-refractivity contribution in [2.24, 2.45) is 0 Å². The van der Waals surface area contributed by atoms with Gasteiger partial charge in [-0.3, -0.25) is 9.69 Å². The molecule has 1 atom stereocenters. The molecule has 1 aromatic carbocycles. The van der Waals surface area contributed by atoms with Gasteiger partial charge in [-0.05, 0) is 31.9 Å². The highest BCUT2D eigenvalue weighted by Gasteiger charge is 2.31. The van der Waals surface area contributed by atoms with Crippen LogP contribution in [0.25, 0.3) is 0 Å². The minimum absolute atomic E-state index is 0.102. The molecule has 5 heteroatoms. The summed E-state index contributed by atoms with van der Waals surface area (Å²) in [6, 6.07) is 7.23. The Morgan fingerprint density at radius 2 is 1.76 bits per heavy atom. The van der Waals surface area contributed by atoms with E-state index in [9.17, 15) is 9.18 Å². The van der Waals surface area contributed by atoms with Gasteiger partial charge in [0.25, 0.3) is 0 Å². The number of piperazine rings is 1. The summed E-state index contributed by atoms with van der Waals surface area (Å²) in [4.78, 5) is 19.1. The summed E-state index contributed by atoms with van der Waals surface area (Å²) in [6.07, 6.45) is 6.04. The summed E-state index contributed by atoms with van der Waals surface area (Å²) in [6.45, 7) is 5.11. The molecule has 25 heavy (non-hydrogen) atoms. The van der Waals surface area contributed by atoms with Crippen LogP contribution in [0.15, 0.2) is 24.3 Å². The van der Waals surface area contributed by atoms with Crippen molar-refractivity contribution >= 4 is 11.6 Å². The second-order valence-corrected chi connectivity index (χ2v) is 7.39. The molecule has 1 aliphatic heterocycles. The first-order chi connectivity index (χ1) is 12.1. The van der Waals surface area contributed by atoms with Crippen LogP contribution in [0.3, 0.4) is 0 Å². The Bertz CT molecular complexity index is 580. The Hall–Kier alpha value is -1.62. The maximum atomic E-state index is 14.0. The fourth-order valence-electron chi connectivity index (χ4n) is 4.16. The Balaban J connectivity index is 1.55. The quantitative estimate of drug-likeness (QED) is 0.837. The van der Waals surface area contributed by atoms with Gasteiger partial charge in [-0.15, -0.1) is 0 Å². The number of para-hydroxylation sites is 1. The van der Waals surface area contributed by atoms with E-state index in [-0.39, 0.29) is 17.8 Å². The van der Waals surface area contributed by atoms with Gasteiger partial charge in [0.2, 0.25) is 5.91 Å². The minimum atomic E-state index is -0.169. The zero-order chi connectivity index (χ0) is 17.8. The lowest BCUT2D eigenvalue weighted by molar-refractivity contribution is -0.138. The summed E-state index contributed by atoms with van der Waals surface area (Å²) in [5.41, 5.74) is 0.667. The van der Waals surface area contributed by atoms with Gasteiger partial charge in [0.15, 0.2) is 0 Å². The van der Waals surface area contributed by atoms with Crippen molar-refractivity contribution in [2.75, 3.05) is 38.1 Å². The second-order valence-electron chi connectivity index (χ2n) is 7.39. The van der Waals surface area contributed by atoms with Gasteiger partial charge in [0, 0.05) is 39.3 Å². The molecule has 0 bridgehead atoms. The van der Waals surface area contributed by atoms with E-state index in [0.29, 0.717) is 11.7 Å². The predicted octanol–water partition coefficient (Wildman–Crippen LogP) is 3.13. The third-order valence-corrected chi connectivity index (χ3v) is 5.88. The van der Waals surface area contributed by atoms with Gasteiger partial charge in [-0.2, -0.15) is 0 Å². The highest BCUT2D eigenvalue weighted by Crippen LogP contribution is 2.24. The number of carbonyl (C=O) groups excluding carboxylic acids is 1. The highest BCUT2D eigenvalue weighted by atomic mass is 19.1. The van der Waals surface area contributed by atoms with Gasteiger partial charge in [0.1, 0.15) is 5.82 Å². The van der Waals surface area contributed by atoms with Crippen molar-refractivity contribution in [1.82, 2.24) is 9.80 Å². The van der Waals surface area contributed by atoms with Crippen molar-refractivity contribution in [2.45, 2.75) is 51.1 Å². The van der Waals surface area contributed by atoms with Gasteiger partial charge in [-0.25, -0.2) is 4.39 Å². The summed E-state index contributed by atoms with van der Waals surface area (Å²) in [7, 11) is 1.96. The maximum Gasteiger partial charge on any atom is 0.239 e. The standard InChI is InChI=1S/C20H30FN3O/c1-16(20(25)22(2)17-8-4-3-5-9-17)23-12-14-24(15-13-23)19-11-7-6-10-18(19)21/h6-7,10-11,16-17H,3-5,8-9,12-15H2,1-2H3. The SMILES string of the molecule is CC(C(=O)N(C)C1CCCCC1)N1CCN(c2ccccc2F)CC1. The largest absolute Gasteiger partial charge is 0.367 e. The van der Waals surface area contributed by atoms with Crippen LogP contribution < -0.4 is 4.90 Å². The van der Waals surface area contributed by atoms with Crippen molar-refractivity contribution in [3.63, 3.8) is 0 Å². The molecule has 0 spiro atoms. The van der Waals surface area contributed by atoms with Crippen LogP contribution in [0, 0.1) is 5.82 Å². The topological polar surface area (TPSA) is 26.8 Å². The van der Waals surface area contributed by atoms with Crippen LogP contribution in [0.4, 0.5) is 10.1 Å². The average Bonchev–Trinajstić information content (AvgIpc) is 2.67. The van der Waals surface area contributed by atoms with E-state index in [1.807, 2.05) is 31.0 Å². The number of nitrogens with zero attached hydrogens (tertiary/aromatic N) is 3. The van der Waals surface area contributed by atoms with Gasteiger partial charge in [0.05, 0.1) is 11.7 Å². The fraction of sp³-hybridized carbons (Fsp3) is 0.650. The number of hydrogen-bond acceptors (Lipinski definition) is 3. The van der Waals surface area contributed by atoms with Crippen molar-refractivity contribution in [1.29, 1.82) is 0 Å². The summed E-state index contributed by atoms with van der Waals surface area (Å²) in [5, 5.41) is 0. The molecule has 1 saturated carbocycles. The average molecular weight is 347 g/mol. The number of carbonyl (C=O) groups is 1. The van der Waals surface area contributed by atoms with E-state index in [2.05, 4.69) is 9.80 Å². The van der Waals surface area contributed by atoms with Crippen LogP contribution in [-0.4, -0.2) is 61.0 Å². The molecule has 2 aliphatic rings. The molecule has 0 radical (unpaired) electrons.